The number of hydrogen-bond donors (Lipinski definition) is 2. The minimum Gasteiger partial charge on any atom is -0.481 e. The van der Waals surface area contributed by atoms with E-state index in [4.69, 9.17) is 4.74 Å². The number of fused-ring (bicyclic) bond motifs is 2. The molecule has 1 amide bonds. The Morgan fingerprint density at radius 1 is 1.27 bits per heavy atom. The zero-order chi connectivity index (χ0) is 15.5. The normalized spacial score (nSPS) is 27.5. The van der Waals surface area contributed by atoms with Crippen molar-refractivity contribution < 1.29 is 19.4 Å². The van der Waals surface area contributed by atoms with Crippen molar-refractivity contribution in [3.05, 3.63) is 35.9 Å². The van der Waals surface area contributed by atoms with Crippen molar-refractivity contribution in [2.75, 3.05) is 6.54 Å². The van der Waals surface area contributed by atoms with Gasteiger partial charge in [0.25, 0.3) is 0 Å². The van der Waals surface area contributed by atoms with E-state index in [-0.39, 0.29) is 30.6 Å². The fraction of sp³-hybridized carbons (Fsp3) is 0.529. The average molecular weight is 303 g/mol. The van der Waals surface area contributed by atoms with E-state index in [2.05, 4.69) is 5.32 Å². The Kier molecular flexibility index (Phi) is 4.43. The molecule has 22 heavy (non-hydrogen) atoms. The molecule has 0 aliphatic carbocycles. The first kappa shape index (κ1) is 15.0. The van der Waals surface area contributed by atoms with Crippen molar-refractivity contribution in [1.29, 1.82) is 0 Å². The summed E-state index contributed by atoms with van der Waals surface area (Å²) in [5.74, 6) is -1.66. The number of carbonyl (C=O) groups is 2. The Labute approximate surface area is 129 Å². The molecule has 3 rings (SSSR count). The summed E-state index contributed by atoms with van der Waals surface area (Å²) in [4.78, 5) is 23.6. The molecular formula is C17H21NO4. The van der Waals surface area contributed by atoms with Crippen molar-refractivity contribution in [2.24, 2.45) is 11.8 Å². The second-order valence-corrected chi connectivity index (χ2v) is 6.19. The molecule has 2 bridgehead atoms. The van der Waals surface area contributed by atoms with Gasteiger partial charge < -0.3 is 15.2 Å². The summed E-state index contributed by atoms with van der Waals surface area (Å²) >= 11 is 0. The maximum absolute atomic E-state index is 12.2. The highest BCUT2D eigenvalue weighted by molar-refractivity contribution is 5.80. The van der Waals surface area contributed by atoms with E-state index in [9.17, 15) is 14.7 Å². The van der Waals surface area contributed by atoms with E-state index < -0.39 is 11.9 Å². The second-order valence-electron chi connectivity index (χ2n) is 6.19. The van der Waals surface area contributed by atoms with Crippen LogP contribution >= 0.6 is 0 Å². The highest BCUT2D eigenvalue weighted by atomic mass is 16.5. The van der Waals surface area contributed by atoms with E-state index in [1.165, 1.54) is 0 Å². The molecule has 0 aromatic heterocycles. The number of carboxylic acid groups (broad SMARTS) is 1. The predicted molar refractivity (Wildman–Crippen MR) is 80.3 cm³/mol. The topological polar surface area (TPSA) is 75.6 Å². The zero-order valence-corrected chi connectivity index (χ0v) is 12.4. The molecule has 2 saturated heterocycles. The van der Waals surface area contributed by atoms with Crippen LogP contribution in [0.1, 0.15) is 24.8 Å². The number of carbonyl (C=O) groups excluding carboxylic acids is 1. The largest absolute Gasteiger partial charge is 0.481 e. The molecule has 2 aliphatic rings. The van der Waals surface area contributed by atoms with E-state index in [1.807, 2.05) is 30.3 Å². The third-order valence-electron chi connectivity index (χ3n) is 4.64. The zero-order valence-electron chi connectivity index (χ0n) is 12.4. The summed E-state index contributed by atoms with van der Waals surface area (Å²) in [5, 5.41) is 12.2. The van der Waals surface area contributed by atoms with Gasteiger partial charge in [0.1, 0.15) is 0 Å². The molecule has 2 fully saturated rings. The smallest absolute Gasteiger partial charge is 0.308 e. The summed E-state index contributed by atoms with van der Waals surface area (Å²) in [5.41, 5.74) is 0.965. The van der Waals surface area contributed by atoms with Gasteiger partial charge in [0.2, 0.25) is 5.91 Å². The SMILES string of the molecule is O=C(O)C(CNC(=O)C1CC2CCC1O2)Cc1ccccc1. The lowest BCUT2D eigenvalue weighted by atomic mass is 9.88. The second kappa shape index (κ2) is 6.48. The van der Waals surface area contributed by atoms with E-state index in [1.54, 1.807) is 0 Å². The highest BCUT2D eigenvalue weighted by Gasteiger charge is 2.44. The van der Waals surface area contributed by atoms with Crippen LogP contribution in [-0.2, 0) is 20.7 Å². The number of rotatable bonds is 6. The van der Waals surface area contributed by atoms with Gasteiger partial charge in [-0.25, -0.2) is 0 Å². The quantitative estimate of drug-likeness (QED) is 0.837. The summed E-state index contributed by atoms with van der Waals surface area (Å²) in [6, 6.07) is 9.48. The molecule has 1 aromatic carbocycles. The van der Waals surface area contributed by atoms with Crippen LogP contribution in [-0.4, -0.2) is 35.7 Å². The fourth-order valence-electron chi connectivity index (χ4n) is 3.41. The molecule has 5 nitrogen and oxygen atoms in total. The molecule has 118 valence electrons. The number of aliphatic carboxylic acids is 1. The van der Waals surface area contributed by atoms with Crippen molar-refractivity contribution in [3.8, 4) is 0 Å². The van der Waals surface area contributed by atoms with Crippen molar-refractivity contribution in [1.82, 2.24) is 5.32 Å². The number of amides is 1. The van der Waals surface area contributed by atoms with Gasteiger partial charge >= 0.3 is 5.97 Å². The molecule has 0 saturated carbocycles. The first-order valence-corrected chi connectivity index (χ1v) is 7.83. The Balaban J connectivity index is 1.53. The van der Waals surface area contributed by atoms with Crippen LogP contribution in [0.2, 0.25) is 0 Å². The lowest BCUT2D eigenvalue weighted by Crippen LogP contribution is -2.40. The molecule has 2 aliphatic heterocycles. The summed E-state index contributed by atoms with van der Waals surface area (Å²) in [7, 11) is 0. The number of ether oxygens (including phenoxy) is 1. The summed E-state index contributed by atoms with van der Waals surface area (Å²) < 4.78 is 5.68. The van der Waals surface area contributed by atoms with Crippen molar-refractivity contribution in [3.63, 3.8) is 0 Å². The Morgan fingerprint density at radius 2 is 2.05 bits per heavy atom. The molecule has 4 unspecified atom stereocenters. The first-order chi connectivity index (χ1) is 10.6. The van der Waals surface area contributed by atoms with Crippen LogP contribution in [0.25, 0.3) is 0 Å². The number of hydrogen-bond acceptors (Lipinski definition) is 3. The summed E-state index contributed by atoms with van der Waals surface area (Å²) in [6.45, 7) is 0.164. The Bertz CT molecular complexity index is 545. The van der Waals surface area contributed by atoms with Crippen LogP contribution in [0, 0.1) is 11.8 Å². The van der Waals surface area contributed by atoms with E-state index in [0.29, 0.717) is 6.42 Å². The minimum absolute atomic E-state index is 0.0300. The standard InChI is InChI=1S/C17H21NO4/c19-16(14-9-13-6-7-15(14)22-13)18-10-12(17(20)21)8-11-4-2-1-3-5-11/h1-5,12-15H,6-10H2,(H,18,19)(H,20,21). The van der Waals surface area contributed by atoms with Gasteiger partial charge in [-0.2, -0.15) is 0 Å². The van der Waals surface area contributed by atoms with Gasteiger partial charge in [0.05, 0.1) is 24.0 Å². The molecule has 4 atom stereocenters. The molecule has 0 spiro atoms. The lowest BCUT2D eigenvalue weighted by molar-refractivity contribution is -0.141. The molecule has 2 N–H and O–H groups in total. The van der Waals surface area contributed by atoms with Crippen molar-refractivity contribution >= 4 is 11.9 Å². The average Bonchev–Trinajstić information content (AvgIpc) is 3.14. The van der Waals surface area contributed by atoms with Crippen molar-refractivity contribution in [2.45, 2.75) is 37.9 Å². The lowest BCUT2D eigenvalue weighted by Gasteiger charge is -2.20. The van der Waals surface area contributed by atoms with Gasteiger partial charge in [0.15, 0.2) is 0 Å². The fourth-order valence-corrected chi connectivity index (χ4v) is 3.41. The van der Waals surface area contributed by atoms with Gasteiger partial charge in [-0.05, 0) is 31.2 Å². The van der Waals surface area contributed by atoms with Crippen LogP contribution < -0.4 is 5.32 Å². The maximum atomic E-state index is 12.2. The van der Waals surface area contributed by atoms with Crippen LogP contribution in [0.5, 0.6) is 0 Å². The van der Waals surface area contributed by atoms with Gasteiger partial charge in [-0.1, -0.05) is 30.3 Å². The maximum Gasteiger partial charge on any atom is 0.308 e. The van der Waals surface area contributed by atoms with Crippen LogP contribution in [0.15, 0.2) is 30.3 Å². The number of nitrogens with one attached hydrogen (secondary N) is 1. The van der Waals surface area contributed by atoms with Gasteiger partial charge in [0, 0.05) is 6.54 Å². The molecule has 1 aromatic rings. The number of carboxylic acids is 1. The molecule has 0 radical (unpaired) electrons. The first-order valence-electron chi connectivity index (χ1n) is 7.83. The Morgan fingerprint density at radius 3 is 2.64 bits per heavy atom. The van der Waals surface area contributed by atoms with E-state index in [0.717, 1.165) is 24.8 Å². The minimum atomic E-state index is -0.881. The molecule has 2 heterocycles. The third kappa shape index (κ3) is 3.30. The number of benzene rings is 1. The summed E-state index contributed by atoms with van der Waals surface area (Å²) in [6.07, 6.45) is 3.43. The molecule has 5 heteroatoms. The third-order valence-corrected chi connectivity index (χ3v) is 4.64. The van der Waals surface area contributed by atoms with Gasteiger partial charge in [-0.15, -0.1) is 0 Å². The molecular weight excluding hydrogens is 282 g/mol. The van der Waals surface area contributed by atoms with Crippen LogP contribution in [0.3, 0.4) is 0 Å². The Hall–Kier alpha value is -1.88. The monoisotopic (exact) mass is 303 g/mol. The predicted octanol–water partition coefficient (Wildman–Crippen LogP) is 1.61. The van der Waals surface area contributed by atoms with E-state index >= 15 is 0 Å². The van der Waals surface area contributed by atoms with Gasteiger partial charge in [-0.3, -0.25) is 9.59 Å². The van der Waals surface area contributed by atoms with Crippen LogP contribution in [0.4, 0.5) is 0 Å². The highest BCUT2D eigenvalue weighted by Crippen LogP contribution is 2.38.